The number of aromatic hydroxyl groups is 2. The summed E-state index contributed by atoms with van der Waals surface area (Å²) in [5.74, 6) is -1.37. The summed E-state index contributed by atoms with van der Waals surface area (Å²) in [5.41, 5.74) is 0. The number of carbonyl (C=O) groups excluding carboxylic acids is 1. The van der Waals surface area contributed by atoms with Gasteiger partial charge in [-0.2, -0.15) is 0 Å². The molecule has 7 heteroatoms. The minimum absolute atomic E-state index is 0.121. The van der Waals surface area contributed by atoms with Crippen molar-refractivity contribution in [3.8, 4) is 17.2 Å². The van der Waals surface area contributed by atoms with Crippen molar-refractivity contribution in [3.05, 3.63) is 18.2 Å². The highest BCUT2D eigenvalue weighted by molar-refractivity contribution is 5.72. The van der Waals surface area contributed by atoms with Gasteiger partial charge in [-0.05, 0) is 19.8 Å². The van der Waals surface area contributed by atoms with Crippen molar-refractivity contribution in [2.75, 3.05) is 6.61 Å². The zero-order valence-electron chi connectivity index (χ0n) is 14.6. The predicted octanol–water partition coefficient (Wildman–Crippen LogP) is 3.21. The normalized spacial score (nSPS) is 9.84. The van der Waals surface area contributed by atoms with E-state index in [1.807, 2.05) is 0 Å². The second-order valence-electron chi connectivity index (χ2n) is 5.49. The van der Waals surface area contributed by atoms with Gasteiger partial charge in [0.05, 0.1) is 0 Å². The number of rotatable bonds is 10. The minimum Gasteiger partial charge on any atom is -0.508 e. The number of carboxylic acid groups (broad SMARTS) is 1. The van der Waals surface area contributed by atoms with E-state index in [1.165, 1.54) is 12.1 Å². The zero-order valence-corrected chi connectivity index (χ0v) is 14.6. The third-order valence-electron chi connectivity index (χ3n) is 3.13. The van der Waals surface area contributed by atoms with E-state index >= 15 is 0 Å². The molecule has 0 saturated carbocycles. The van der Waals surface area contributed by atoms with Gasteiger partial charge in [0.25, 0.3) is 0 Å². The van der Waals surface area contributed by atoms with Gasteiger partial charge >= 0.3 is 11.9 Å². The van der Waals surface area contributed by atoms with Crippen molar-refractivity contribution in [2.24, 2.45) is 0 Å². The Balaban J connectivity index is 0.00000178. The number of phenolic OH excluding ortho intramolecular Hbond substituents is 2. The largest absolute Gasteiger partial charge is 0.508 e. The lowest BCUT2D eigenvalue weighted by Gasteiger charge is -2.05. The third kappa shape index (κ3) is 13.8. The van der Waals surface area contributed by atoms with E-state index in [0.29, 0.717) is 12.8 Å². The number of benzene rings is 1. The van der Waals surface area contributed by atoms with E-state index in [-0.39, 0.29) is 36.7 Å². The number of carbonyl (C=O) groups is 2. The number of esters is 1. The number of aliphatic hydroxyl groups is 1. The zero-order chi connectivity index (χ0) is 19.1. The molecule has 0 aliphatic carbocycles. The van der Waals surface area contributed by atoms with Gasteiger partial charge in [-0.25, -0.2) is 0 Å². The quantitative estimate of drug-likeness (QED) is 0.288. The first kappa shape index (κ1) is 22.7. The number of carboxylic acids is 1. The number of phenols is 2. The number of hydrogen-bond donors (Lipinski definition) is 4. The van der Waals surface area contributed by atoms with Gasteiger partial charge in [0.15, 0.2) is 0 Å². The van der Waals surface area contributed by atoms with Crippen molar-refractivity contribution in [2.45, 2.75) is 58.3 Å². The summed E-state index contributed by atoms with van der Waals surface area (Å²) in [6.45, 7) is 1.93. The van der Waals surface area contributed by atoms with Gasteiger partial charge in [0.1, 0.15) is 17.2 Å². The van der Waals surface area contributed by atoms with Crippen molar-refractivity contribution in [1.29, 1.82) is 0 Å². The lowest BCUT2D eigenvalue weighted by molar-refractivity contribution is -0.137. The van der Waals surface area contributed by atoms with Crippen LogP contribution in [0.3, 0.4) is 0 Å². The fourth-order valence-corrected chi connectivity index (χ4v) is 2.06. The fraction of sp³-hybridized carbons (Fsp3) is 0.556. The predicted molar refractivity (Wildman–Crippen MR) is 92.7 cm³/mol. The molecule has 1 aromatic carbocycles. The highest BCUT2D eigenvalue weighted by Crippen LogP contribution is 2.26. The van der Waals surface area contributed by atoms with Crippen LogP contribution in [0.4, 0.5) is 0 Å². The summed E-state index contributed by atoms with van der Waals surface area (Å²) in [5, 5.41) is 34.6. The fourth-order valence-electron chi connectivity index (χ4n) is 2.06. The Bertz CT molecular complexity index is 494. The Morgan fingerprint density at radius 3 is 1.80 bits per heavy atom. The molecule has 25 heavy (non-hydrogen) atoms. The van der Waals surface area contributed by atoms with Gasteiger partial charge in [-0.1, -0.05) is 25.7 Å². The average Bonchev–Trinajstić information content (AvgIpc) is 2.49. The molecule has 0 atom stereocenters. The van der Waals surface area contributed by atoms with Crippen molar-refractivity contribution in [3.63, 3.8) is 0 Å². The SMILES string of the molecule is CCO.O=C(O)CCCCCCCCC(=O)Oc1cc(O)cc(O)c1. The van der Waals surface area contributed by atoms with Gasteiger partial charge in [0, 0.05) is 37.6 Å². The van der Waals surface area contributed by atoms with E-state index < -0.39 is 11.9 Å². The molecule has 0 fully saturated rings. The summed E-state index contributed by atoms with van der Waals surface area (Å²) in [4.78, 5) is 21.9. The standard InChI is InChI=1S/C16H22O6.C2H6O/c17-12-9-13(18)11-14(10-12)22-16(21)8-6-4-2-1-3-5-7-15(19)20;1-2-3/h9-11,17-18H,1-8H2,(H,19,20);3H,2H2,1H3. The molecule has 0 spiro atoms. The van der Waals surface area contributed by atoms with Crippen LogP contribution in [0.2, 0.25) is 0 Å². The van der Waals surface area contributed by atoms with Crippen molar-refractivity contribution in [1.82, 2.24) is 0 Å². The molecule has 0 aliphatic rings. The van der Waals surface area contributed by atoms with Crippen LogP contribution in [0, 0.1) is 0 Å². The van der Waals surface area contributed by atoms with Crippen LogP contribution in [0.1, 0.15) is 58.3 Å². The Hall–Kier alpha value is -2.28. The number of aliphatic hydroxyl groups excluding tert-OH is 1. The van der Waals surface area contributed by atoms with Crippen LogP contribution in [0.25, 0.3) is 0 Å². The summed E-state index contributed by atoms with van der Waals surface area (Å²) in [6.07, 6.45) is 5.56. The number of unbranched alkanes of at least 4 members (excludes halogenated alkanes) is 5. The van der Waals surface area contributed by atoms with Crippen LogP contribution < -0.4 is 4.74 Å². The summed E-state index contributed by atoms with van der Waals surface area (Å²) in [7, 11) is 0. The molecule has 142 valence electrons. The van der Waals surface area contributed by atoms with Crippen molar-refractivity contribution >= 4 is 11.9 Å². The maximum Gasteiger partial charge on any atom is 0.311 e. The van der Waals surface area contributed by atoms with E-state index in [0.717, 1.165) is 31.7 Å². The van der Waals surface area contributed by atoms with Crippen molar-refractivity contribution < 1.29 is 34.8 Å². The molecular formula is C18H28O7. The van der Waals surface area contributed by atoms with Crippen LogP contribution in [0.15, 0.2) is 18.2 Å². The maximum atomic E-state index is 11.6. The molecule has 0 aromatic heterocycles. The molecule has 1 aromatic rings. The molecule has 1 rings (SSSR count). The van der Waals surface area contributed by atoms with E-state index in [4.69, 9.17) is 14.9 Å². The molecule has 0 heterocycles. The summed E-state index contributed by atoms with van der Waals surface area (Å²) < 4.78 is 5.02. The Kier molecular flexibility index (Phi) is 12.8. The average molecular weight is 356 g/mol. The molecular weight excluding hydrogens is 328 g/mol. The first-order chi connectivity index (χ1) is 11.9. The van der Waals surface area contributed by atoms with Gasteiger partial charge in [-0.15, -0.1) is 0 Å². The second kappa shape index (κ2) is 14.1. The van der Waals surface area contributed by atoms with Gasteiger partial charge in [-0.3, -0.25) is 9.59 Å². The maximum absolute atomic E-state index is 11.6. The van der Waals surface area contributed by atoms with Crippen LogP contribution in [-0.2, 0) is 9.59 Å². The van der Waals surface area contributed by atoms with E-state index in [9.17, 15) is 19.8 Å². The molecule has 7 nitrogen and oxygen atoms in total. The Morgan fingerprint density at radius 1 is 0.880 bits per heavy atom. The number of hydrogen-bond acceptors (Lipinski definition) is 6. The molecule has 0 saturated heterocycles. The third-order valence-corrected chi connectivity index (χ3v) is 3.13. The summed E-state index contributed by atoms with van der Waals surface area (Å²) >= 11 is 0. The first-order valence-electron chi connectivity index (χ1n) is 8.45. The molecule has 0 radical (unpaired) electrons. The smallest absolute Gasteiger partial charge is 0.311 e. The minimum atomic E-state index is -0.763. The number of aliphatic carboxylic acids is 1. The highest BCUT2D eigenvalue weighted by Gasteiger charge is 2.07. The van der Waals surface area contributed by atoms with Crippen LogP contribution >= 0.6 is 0 Å². The van der Waals surface area contributed by atoms with Crippen LogP contribution in [-0.4, -0.2) is 39.0 Å². The highest BCUT2D eigenvalue weighted by atomic mass is 16.5. The number of ether oxygens (including phenoxy) is 1. The Labute approximate surface area is 147 Å². The molecule has 0 aliphatic heterocycles. The lowest BCUT2D eigenvalue weighted by atomic mass is 10.1. The monoisotopic (exact) mass is 356 g/mol. The molecule has 0 unspecified atom stereocenters. The lowest BCUT2D eigenvalue weighted by Crippen LogP contribution is -2.07. The van der Waals surface area contributed by atoms with Crippen LogP contribution in [0.5, 0.6) is 17.2 Å². The first-order valence-corrected chi connectivity index (χ1v) is 8.45. The second-order valence-corrected chi connectivity index (χ2v) is 5.49. The summed E-state index contributed by atoms with van der Waals surface area (Å²) in [6, 6.07) is 3.68. The Morgan fingerprint density at radius 2 is 1.32 bits per heavy atom. The van der Waals surface area contributed by atoms with E-state index in [2.05, 4.69) is 0 Å². The van der Waals surface area contributed by atoms with E-state index in [1.54, 1.807) is 6.92 Å². The van der Waals surface area contributed by atoms with Gasteiger partial charge < -0.3 is 25.2 Å². The molecule has 4 N–H and O–H groups in total. The molecule has 0 bridgehead atoms. The van der Waals surface area contributed by atoms with Gasteiger partial charge in [0.2, 0.25) is 0 Å². The molecule has 0 amide bonds. The topological polar surface area (TPSA) is 124 Å².